The second-order valence-electron chi connectivity index (χ2n) is 12.0. The van der Waals surface area contributed by atoms with E-state index in [9.17, 15) is 9.18 Å². The summed E-state index contributed by atoms with van der Waals surface area (Å²) in [6.07, 6.45) is 7.09. The Balaban J connectivity index is 1.62. The first-order chi connectivity index (χ1) is 21.5. The number of ether oxygens (including phenoxy) is 2. The van der Waals surface area contributed by atoms with Gasteiger partial charge in [-0.1, -0.05) is 49.0 Å². The van der Waals surface area contributed by atoms with Crippen molar-refractivity contribution in [3.05, 3.63) is 60.5 Å². The maximum atomic E-state index is 14.3. The maximum absolute atomic E-state index is 14.3. The zero-order valence-electron chi connectivity index (χ0n) is 26.7. The van der Waals surface area contributed by atoms with Crippen LogP contribution in [-0.4, -0.2) is 75.5 Å². The third-order valence-electron chi connectivity index (χ3n) is 8.26. The van der Waals surface area contributed by atoms with Gasteiger partial charge in [-0.05, 0) is 51.8 Å². The van der Waals surface area contributed by atoms with Crippen molar-refractivity contribution in [1.29, 1.82) is 0 Å². The molecule has 0 saturated carbocycles. The summed E-state index contributed by atoms with van der Waals surface area (Å²) in [6.45, 7) is 12.2. The molecule has 1 aromatic carbocycles. The van der Waals surface area contributed by atoms with Gasteiger partial charge in [0.1, 0.15) is 18.4 Å². The lowest BCUT2D eigenvalue weighted by Gasteiger charge is -2.38. The van der Waals surface area contributed by atoms with Gasteiger partial charge in [-0.2, -0.15) is 15.0 Å². The molecule has 0 bridgehead atoms. The quantitative estimate of drug-likeness (QED) is 0.193. The number of likely N-dealkylation sites (tertiary alicyclic amines) is 1. The molecule has 1 amide bonds. The third-order valence-corrected chi connectivity index (χ3v) is 8.26. The van der Waals surface area contributed by atoms with Crippen molar-refractivity contribution in [2.24, 2.45) is 5.92 Å². The standard InChI is InChI=1S/C34H43FN6O4/c1-8-13-26-19-27(16-17-41(26)30(42)9-2)44-29-20-28(43-23(4)22(3)18-25(35)21-36-7)37-31(38-29)32-39-33(45-40-32)34(5,6)24-14-11-10-12-15-24/h1,9-12,14-15,20,22-23,25-27,36H,2,13,16-19,21H2,3-7H3/t22-,23-,25+,26+,27-/m0/s1. The molecule has 2 aromatic heterocycles. The predicted molar refractivity (Wildman–Crippen MR) is 169 cm³/mol. The lowest BCUT2D eigenvalue weighted by molar-refractivity contribution is -0.130. The molecule has 3 heterocycles. The van der Waals surface area contributed by atoms with E-state index < -0.39 is 11.6 Å². The summed E-state index contributed by atoms with van der Waals surface area (Å²) in [5.74, 6) is 3.65. The summed E-state index contributed by atoms with van der Waals surface area (Å²) < 4.78 is 32.6. The first kappa shape index (κ1) is 33.6. The number of rotatable bonds is 14. The van der Waals surface area contributed by atoms with Crippen LogP contribution in [0.15, 0.2) is 53.6 Å². The van der Waals surface area contributed by atoms with E-state index in [1.54, 1.807) is 18.0 Å². The fourth-order valence-electron chi connectivity index (χ4n) is 5.41. The third kappa shape index (κ3) is 8.45. The van der Waals surface area contributed by atoms with Crippen LogP contribution in [0.4, 0.5) is 4.39 Å². The van der Waals surface area contributed by atoms with Crippen LogP contribution < -0.4 is 14.8 Å². The molecule has 0 radical (unpaired) electrons. The van der Waals surface area contributed by atoms with Crippen molar-refractivity contribution in [2.45, 2.75) is 83.2 Å². The second kappa shape index (κ2) is 15.1. The highest BCUT2D eigenvalue weighted by Gasteiger charge is 2.33. The first-order valence-electron chi connectivity index (χ1n) is 15.3. The van der Waals surface area contributed by atoms with Gasteiger partial charge in [0.25, 0.3) is 0 Å². The molecule has 0 aliphatic carbocycles. The highest BCUT2D eigenvalue weighted by Crippen LogP contribution is 2.32. The van der Waals surface area contributed by atoms with Gasteiger partial charge in [0, 0.05) is 38.4 Å². The molecule has 45 heavy (non-hydrogen) atoms. The monoisotopic (exact) mass is 618 g/mol. The van der Waals surface area contributed by atoms with Crippen molar-refractivity contribution < 1.29 is 23.2 Å². The van der Waals surface area contributed by atoms with Crippen molar-refractivity contribution in [1.82, 2.24) is 30.3 Å². The number of aromatic nitrogens is 4. The molecule has 3 aromatic rings. The zero-order valence-corrected chi connectivity index (χ0v) is 26.7. The summed E-state index contributed by atoms with van der Waals surface area (Å²) >= 11 is 0. The van der Waals surface area contributed by atoms with Crippen molar-refractivity contribution in [2.75, 3.05) is 20.1 Å². The molecule has 11 heteroatoms. The van der Waals surface area contributed by atoms with E-state index in [0.29, 0.717) is 38.1 Å². The molecule has 240 valence electrons. The normalized spacial score (nSPS) is 18.8. The lowest BCUT2D eigenvalue weighted by atomic mass is 9.84. The molecule has 1 fully saturated rings. The Bertz CT molecular complexity index is 1470. The topological polar surface area (TPSA) is 116 Å². The minimum Gasteiger partial charge on any atom is -0.474 e. The molecular formula is C34H43FN6O4. The number of nitrogens with one attached hydrogen (secondary N) is 1. The number of halogens is 1. The van der Waals surface area contributed by atoms with Crippen LogP contribution >= 0.6 is 0 Å². The molecule has 0 spiro atoms. The number of alkyl halides is 1. The number of nitrogens with zero attached hydrogens (tertiary/aromatic N) is 5. The zero-order chi connectivity index (χ0) is 32.6. The average Bonchev–Trinajstić information content (AvgIpc) is 3.53. The summed E-state index contributed by atoms with van der Waals surface area (Å²) in [5.41, 5.74) is 0.445. The highest BCUT2D eigenvalue weighted by atomic mass is 19.1. The Morgan fingerprint density at radius 2 is 1.98 bits per heavy atom. The summed E-state index contributed by atoms with van der Waals surface area (Å²) in [6, 6.07) is 11.3. The second-order valence-corrected chi connectivity index (χ2v) is 12.0. The van der Waals surface area contributed by atoms with Crippen LogP contribution in [0.3, 0.4) is 0 Å². The molecule has 1 N–H and O–H groups in total. The predicted octanol–water partition coefficient (Wildman–Crippen LogP) is 5.15. The van der Waals surface area contributed by atoms with Crippen molar-refractivity contribution in [3.63, 3.8) is 0 Å². The number of amides is 1. The Labute approximate surface area is 264 Å². The highest BCUT2D eigenvalue weighted by molar-refractivity contribution is 5.87. The van der Waals surface area contributed by atoms with Crippen LogP contribution in [0, 0.1) is 18.3 Å². The molecule has 1 aliphatic rings. The van der Waals surface area contributed by atoms with Gasteiger partial charge in [0.2, 0.25) is 35.2 Å². The van der Waals surface area contributed by atoms with Gasteiger partial charge in [0.05, 0.1) is 11.5 Å². The van der Waals surface area contributed by atoms with Crippen LogP contribution in [0.2, 0.25) is 0 Å². The van der Waals surface area contributed by atoms with Crippen LogP contribution in [0.25, 0.3) is 11.6 Å². The van der Waals surface area contributed by atoms with Gasteiger partial charge in [-0.25, -0.2) is 4.39 Å². The first-order valence-corrected chi connectivity index (χ1v) is 15.3. The van der Waals surface area contributed by atoms with Crippen molar-refractivity contribution >= 4 is 5.91 Å². The largest absolute Gasteiger partial charge is 0.474 e. The Morgan fingerprint density at radius 3 is 2.67 bits per heavy atom. The Kier molecular flexibility index (Phi) is 11.3. The number of hydrogen-bond acceptors (Lipinski definition) is 9. The van der Waals surface area contributed by atoms with Gasteiger partial charge < -0.3 is 24.2 Å². The van der Waals surface area contributed by atoms with E-state index in [2.05, 4.69) is 37.9 Å². The molecule has 5 atom stereocenters. The maximum Gasteiger partial charge on any atom is 0.246 e. The van der Waals surface area contributed by atoms with Gasteiger partial charge in [-0.3, -0.25) is 4.79 Å². The smallest absolute Gasteiger partial charge is 0.246 e. The minimum absolute atomic E-state index is 0.101. The van der Waals surface area contributed by atoms with Gasteiger partial charge in [-0.15, -0.1) is 12.3 Å². The van der Waals surface area contributed by atoms with Crippen LogP contribution in [-0.2, 0) is 10.2 Å². The Hall–Kier alpha value is -4.30. The van der Waals surface area contributed by atoms with Gasteiger partial charge in [0.15, 0.2) is 0 Å². The summed E-state index contributed by atoms with van der Waals surface area (Å²) in [4.78, 5) is 28.0. The fraction of sp³-hybridized carbons (Fsp3) is 0.500. The summed E-state index contributed by atoms with van der Waals surface area (Å²) in [7, 11) is 1.72. The van der Waals surface area contributed by atoms with Crippen LogP contribution in [0.5, 0.6) is 11.8 Å². The SMILES string of the molecule is C#CC[C@@H]1C[C@@H](Oc2cc(O[C@@H](C)[C@@H](C)C[C@@H](F)CNC)nc(-c3noc(C(C)(C)c4ccccc4)n3)n2)CCN1C(=O)C=C. The molecule has 1 aliphatic heterocycles. The van der Waals surface area contributed by atoms with Gasteiger partial charge >= 0.3 is 0 Å². The van der Waals surface area contributed by atoms with E-state index in [1.807, 2.05) is 58.0 Å². The number of piperidine rings is 1. The van der Waals surface area contributed by atoms with E-state index in [4.69, 9.17) is 20.4 Å². The van der Waals surface area contributed by atoms with E-state index in [0.717, 1.165) is 5.56 Å². The Morgan fingerprint density at radius 1 is 1.24 bits per heavy atom. The minimum atomic E-state index is -1.00. The van der Waals surface area contributed by atoms with Crippen molar-refractivity contribution in [3.8, 4) is 35.8 Å². The number of benzene rings is 1. The molecule has 1 saturated heterocycles. The molecule has 0 unspecified atom stereocenters. The lowest BCUT2D eigenvalue weighted by Crippen LogP contribution is -2.48. The average molecular weight is 619 g/mol. The molecule has 4 rings (SSSR count). The number of carbonyl (C=O) groups excluding carboxylic acids is 1. The van der Waals surface area contributed by atoms with Crippen LogP contribution in [0.1, 0.15) is 64.8 Å². The molecular weight excluding hydrogens is 575 g/mol. The van der Waals surface area contributed by atoms with E-state index >= 15 is 0 Å². The number of hydrogen-bond donors (Lipinski definition) is 1. The van der Waals surface area contributed by atoms with E-state index in [1.165, 1.54) is 6.08 Å². The van der Waals surface area contributed by atoms with E-state index in [-0.39, 0.29) is 60.0 Å². The summed E-state index contributed by atoms with van der Waals surface area (Å²) in [5, 5.41) is 7.07. The molecule has 10 nitrogen and oxygen atoms in total. The number of carbonyl (C=O) groups is 1. The number of terminal acetylenes is 1. The fourth-order valence-corrected chi connectivity index (χ4v) is 5.41.